The SMILES string of the molecule is Cc1ccc(NS(=O)(=O)c2c(N)ncn2C)c(C)c1. The van der Waals surface area contributed by atoms with Gasteiger partial charge in [0.15, 0.2) is 10.8 Å². The second-order valence-corrected chi connectivity index (χ2v) is 6.07. The van der Waals surface area contributed by atoms with Gasteiger partial charge in [0, 0.05) is 7.05 Å². The zero-order chi connectivity index (χ0) is 14.2. The Bertz CT molecular complexity index is 700. The monoisotopic (exact) mass is 280 g/mol. The highest BCUT2D eigenvalue weighted by Crippen LogP contribution is 2.22. The minimum absolute atomic E-state index is 0.0141. The number of hydrogen-bond acceptors (Lipinski definition) is 4. The molecule has 0 unspecified atom stereocenters. The molecule has 2 aromatic rings. The van der Waals surface area contributed by atoms with Gasteiger partial charge >= 0.3 is 0 Å². The summed E-state index contributed by atoms with van der Waals surface area (Å²) in [4.78, 5) is 3.78. The number of sulfonamides is 1. The smallest absolute Gasteiger partial charge is 0.281 e. The van der Waals surface area contributed by atoms with Crippen molar-refractivity contribution in [1.29, 1.82) is 0 Å². The fourth-order valence-electron chi connectivity index (χ4n) is 1.89. The normalized spacial score (nSPS) is 11.5. The number of nitrogens with zero attached hydrogens (tertiary/aromatic N) is 2. The van der Waals surface area contributed by atoms with Gasteiger partial charge in [-0.3, -0.25) is 4.72 Å². The van der Waals surface area contributed by atoms with Crippen LogP contribution < -0.4 is 10.5 Å². The third-order valence-corrected chi connectivity index (χ3v) is 4.29. The van der Waals surface area contributed by atoms with Gasteiger partial charge in [-0.15, -0.1) is 0 Å². The Morgan fingerprint density at radius 1 is 1.32 bits per heavy atom. The Labute approximate surface area is 112 Å². The largest absolute Gasteiger partial charge is 0.381 e. The molecule has 0 saturated heterocycles. The van der Waals surface area contributed by atoms with Crippen molar-refractivity contribution in [3.63, 3.8) is 0 Å². The molecule has 7 heteroatoms. The summed E-state index contributed by atoms with van der Waals surface area (Å²) in [7, 11) is -2.16. The van der Waals surface area contributed by atoms with Crippen molar-refractivity contribution >= 4 is 21.5 Å². The van der Waals surface area contributed by atoms with Crippen LogP contribution in [0.4, 0.5) is 11.5 Å². The molecule has 0 spiro atoms. The van der Waals surface area contributed by atoms with Crippen LogP contribution in [0.3, 0.4) is 0 Å². The fraction of sp³-hybridized carbons (Fsp3) is 0.250. The lowest BCUT2D eigenvalue weighted by Crippen LogP contribution is -2.18. The quantitative estimate of drug-likeness (QED) is 0.889. The fourth-order valence-corrected chi connectivity index (χ4v) is 3.26. The number of benzene rings is 1. The van der Waals surface area contributed by atoms with Gasteiger partial charge in [0.1, 0.15) is 0 Å². The van der Waals surface area contributed by atoms with Crippen LogP contribution in [0.1, 0.15) is 11.1 Å². The van der Waals surface area contributed by atoms with Crippen LogP contribution in [-0.2, 0) is 17.1 Å². The van der Waals surface area contributed by atoms with E-state index in [0.717, 1.165) is 11.1 Å². The van der Waals surface area contributed by atoms with Crippen molar-refractivity contribution in [3.05, 3.63) is 35.7 Å². The Balaban J connectivity index is 2.42. The second-order valence-electron chi connectivity index (χ2n) is 4.47. The number of nitrogen functional groups attached to an aromatic ring is 1. The highest BCUT2D eigenvalue weighted by molar-refractivity contribution is 7.92. The van der Waals surface area contributed by atoms with Crippen LogP contribution in [0.5, 0.6) is 0 Å². The van der Waals surface area contributed by atoms with E-state index in [-0.39, 0.29) is 10.8 Å². The maximum atomic E-state index is 12.3. The van der Waals surface area contributed by atoms with Crippen LogP contribution in [0, 0.1) is 13.8 Å². The molecule has 0 amide bonds. The van der Waals surface area contributed by atoms with Crippen molar-refractivity contribution in [2.75, 3.05) is 10.5 Å². The third kappa shape index (κ3) is 2.55. The van der Waals surface area contributed by atoms with E-state index in [1.807, 2.05) is 26.0 Å². The van der Waals surface area contributed by atoms with E-state index >= 15 is 0 Å². The summed E-state index contributed by atoms with van der Waals surface area (Å²) in [6.07, 6.45) is 1.37. The Morgan fingerprint density at radius 2 is 2.00 bits per heavy atom. The highest BCUT2D eigenvalue weighted by atomic mass is 32.2. The number of anilines is 2. The Morgan fingerprint density at radius 3 is 2.53 bits per heavy atom. The molecular weight excluding hydrogens is 264 g/mol. The Hall–Kier alpha value is -2.02. The average Bonchev–Trinajstić information content (AvgIpc) is 2.63. The van der Waals surface area contributed by atoms with E-state index in [1.165, 1.54) is 10.9 Å². The molecule has 19 heavy (non-hydrogen) atoms. The zero-order valence-electron chi connectivity index (χ0n) is 11.0. The highest BCUT2D eigenvalue weighted by Gasteiger charge is 2.22. The van der Waals surface area contributed by atoms with Gasteiger partial charge in [0.2, 0.25) is 0 Å². The van der Waals surface area contributed by atoms with Gasteiger partial charge in [-0.25, -0.2) is 4.98 Å². The first-order chi connectivity index (χ1) is 8.81. The molecule has 1 aromatic heterocycles. The van der Waals surface area contributed by atoms with Gasteiger partial charge in [0.25, 0.3) is 10.0 Å². The molecule has 1 heterocycles. The lowest BCUT2D eigenvalue weighted by Gasteiger charge is -2.11. The van der Waals surface area contributed by atoms with E-state index in [4.69, 9.17) is 5.73 Å². The minimum atomic E-state index is -3.74. The van der Waals surface area contributed by atoms with Crippen molar-refractivity contribution < 1.29 is 8.42 Å². The third-order valence-electron chi connectivity index (χ3n) is 2.79. The Kier molecular flexibility index (Phi) is 3.23. The van der Waals surface area contributed by atoms with Crippen molar-refractivity contribution in [2.24, 2.45) is 7.05 Å². The first-order valence-corrected chi connectivity index (χ1v) is 7.16. The molecule has 0 bridgehead atoms. The van der Waals surface area contributed by atoms with E-state index in [1.54, 1.807) is 13.1 Å². The van der Waals surface area contributed by atoms with Gasteiger partial charge in [0.05, 0.1) is 12.0 Å². The van der Waals surface area contributed by atoms with Gasteiger partial charge in [-0.05, 0) is 25.5 Å². The van der Waals surface area contributed by atoms with Crippen molar-refractivity contribution in [1.82, 2.24) is 9.55 Å². The lowest BCUT2D eigenvalue weighted by molar-refractivity contribution is 0.592. The van der Waals surface area contributed by atoms with Crippen LogP contribution in [0.15, 0.2) is 29.6 Å². The molecule has 3 N–H and O–H groups in total. The average molecular weight is 280 g/mol. The molecule has 0 aliphatic carbocycles. The molecule has 2 rings (SSSR count). The lowest BCUT2D eigenvalue weighted by atomic mass is 10.1. The van der Waals surface area contributed by atoms with Gasteiger partial charge < -0.3 is 10.3 Å². The van der Waals surface area contributed by atoms with Crippen LogP contribution in [0.2, 0.25) is 0 Å². The maximum absolute atomic E-state index is 12.3. The van der Waals surface area contributed by atoms with Gasteiger partial charge in [-0.1, -0.05) is 17.7 Å². The molecule has 0 atom stereocenters. The van der Waals surface area contributed by atoms with E-state index in [2.05, 4.69) is 9.71 Å². The number of nitrogens with one attached hydrogen (secondary N) is 1. The molecular formula is C12H16N4O2S. The second kappa shape index (κ2) is 4.58. The molecule has 6 nitrogen and oxygen atoms in total. The van der Waals surface area contributed by atoms with Crippen LogP contribution in [-0.4, -0.2) is 18.0 Å². The van der Waals surface area contributed by atoms with E-state index < -0.39 is 10.0 Å². The number of hydrogen-bond donors (Lipinski definition) is 2. The van der Waals surface area contributed by atoms with Crippen molar-refractivity contribution in [3.8, 4) is 0 Å². The summed E-state index contributed by atoms with van der Waals surface area (Å²) >= 11 is 0. The first kappa shape index (κ1) is 13.4. The van der Waals surface area contributed by atoms with Crippen molar-refractivity contribution in [2.45, 2.75) is 18.9 Å². The number of imidazole rings is 1. The molecule has 0 fully saturated rings. The number of aromatic nitrogens is 2. The standard InChI is InChI=1S/C12H16N4O2S/c1-8-4-5-10(9(2)6-8)15-19(17,18)12-11(13)14-7-16(12)3/h4-7,15H,13H2,1-3H3. The zero-order valence-corrected chi connectivity index (χ0v) is 11.8. The topological polar surface area (TPSA) is 90.0 Å². The van der Waals surface area contributed by atoms with Crippen LogP contribution >= 0.6 is 0 Å². The predicted octanol–water partition coefficient (Wildman–Crippen LogP) is 1.42. The summed E-state index contributed by atoms with van der Waals surface area (Å²) in [5, 5.41) is -0.0347. The number of aryl methyl sites for hydroxylation is 3. The minimum Gasteiger partial charge on any atom is -0.381 e. The number of nitrogens with two attached hydrogens (primary N) is 1. The van der Waals surface area contributed by atoms with E-state index in [0.29, 0.717) is 5.69 Å². The summed E-state index contributed by atoms with van der Waals surface area (Å²) < 4.78 is 28.5. The molecule has 0 aliphatic rings. The summed E-state index contributed by atoms with van der Waals surface area (Å²) in [5.74, 6) is -0.0141. The van der Waals surface area contributed by atoms with E-state index in [9.17, 15) is 8.42 Å². The number of rotatable bonds is 3. The summed E-state index contributed by atoms with van der Waals surface area (Å²) in [6, 6.07) is 5.48. The molecule has 0 aliphatic heterocycles. The first-order valence-electron chi connectivity index (χ1n) is 5.68. The molecule has 102 valence electrons. The summed E-state index contributed by atoms with van der Waals surface area (Å²) in [6.45, 7) is 3.79. The molecule has 0 radical (unpaired) electrons. The maximum Gasteiger partial charge on any atom is 0.281 e. The predicted molar refractivity (Wildman–Crippen MR) is 74.3 cm³/mol. The molecule has 0 saturated carbocycles. The van der Waals surface area contributed by atoms with Gasteiger partial charge in [-0.2, -0.15) is 8.42 Å². The molecule has 1 aromatic carbocycles. The summed E-state index contributed by atoms with van der Waals surface area (Å²) in [5.41, 5.74) is 8.05. The van der Waals surface area contributed by atoms with Crippen LogP contribution in [0.25, 0.3) is 0 Å².